The van der Waals surface area contributed by atoms with Gasteiger partial charge in [0, 0.05) is 17.0 Å². The topological polar surface area (TPSA) is 37.4 Å². The molecule has 2 aromatic carbocycles. The molecular weight excluding hydrogens is 306 g/mol. The standard InChI is InChI=1S/C16H12ClNO2S/c17-12-6-8-13(9-7-12)18-15(19)14(16(20)21-18)10-11-4-2-1-3-5-11/h1-9,14H,10H2. The van der Waals surface area contributed by atoms with Crippen LogP contribution in [0.5, 0.6) is 0 Å². The van der Waals surface area contributed by atoms with Gasteiger partial charge in [0.25, 0.3) is 0 Å². The van der Waals surface area contributed by atoms with E-state index in [0.717, 1.165) is 17.5 Å². The van der Waals surface area contributed by atoms with E-state index in [1.54, 1.807) is 24.3 Å². The molecule has 0 aliphatic carbocycles. The lowest BCUT2D eigenvalue weighted by Gasteiger charge is -2.13. The summed E-state index contributed by atoms with van der Waals surface area (Å²) in [5.41, 5.74) is 1.67. The third-order valence-corrected chi connectivity index (χ3v) is 4.60. The number of anilines is 1. The molecule has 106 valence electrons. The molecule has 1 atom stereocenters. The van der Waals surface area contributed by atoms with Crippen LogP contribution in [0, 0.1) is 5.92 Å². The first-order valence-electron chi connectivity index (χ1n) is 6.50. The number of halogens is 1. The Kier molecular flexibility index (Phi) is 3.99. The van der Waals surface area contributed by atoms with Gasteiger partial charge >= 0.3 is 0 Å². The molecular formula is C16H12ClNO2S. The van der Waals surface area contributed by atoms with E-state index in [-0.39, 0.29) is 11.0 Å². The van der Waals surface area contributed by atoms with Crippen molar-refractivity contribution in [3.05, 3.63) is 65.2 Å². The van der Waals surface area contributed by atoms with E-state index in [1.807, 2.05) is 30.3 Å². The first kappa shape index (κ1) is 14.2. The monoisotopic (exact) mass is 317 g/mol. The Balaban J connectivity index is 1.80. The lowest BCUT2D eigenvalue weighted by Crippen LogP contribution is -2.25. The number of rotatable bonds is 3. The molecule has 1 amide bonds. The molecule has 0 N–H and O–H groups in total. The number of nitrogens with zero attached hydrogens (tertiary/aromatic N) is 1. The van der Waals surface area contributed by atoms with Crippen molar-refractivity contribution in [3.8, 4) is 0 Å². The number of amides is 1. The van der Waals surface area contributed by atoms with Gasteiger partial charge in [-0.15, -0.1) is 0 Å². The number of hydrogen-bond acceptors (Lipinski definition) is 3. The van der Waals surface area contributed by atoms with Gasteiger partial charge in [0.1, 0.15) is 5.92 Å². The van der Waals surface area contributed by atoms with Gasteiger partial charge in [0.2, 0.25) is 11.0 Å². The summed E-state index contributed by atoms with van der Waals surface area (Å²) < 4.78 is 1.45. The molecule has 1 saturated heterocycles. The van der Waals surface area contributed by atoms with Crippen LogP contribution in [-0.2, 0) is 16.0 Å². The summed E-state index contributed by atoms with van der Waals surface area (Å²) in [6.45, 7) is 0. The average molecular weight is 318 g/mol. The minimum atomic E-state index is -0.618. The van der Waals surface area contributed by atoms with E-state index >= 15 is 0 Å². The molecule has 1 fully saturated rings. The van der Waals surface area contributed by atoms with Gasteiger partial charge in [0.05, 0.1) is 5.69 Å². The van der Waals surface area contributed by atoms with Crippen LogP contribution in [0.2, 0.25) is 5.02 Å². The highest BCUT2D eigenvalue weighted by Crippen LogP contribution is 2.35. The fraction of sp³-hybridized carbons (Fsp3) is 0.125. The second-order valence-electron chi connectivity index (χ2n) is 4.76. The van der Waals surface area contributed by atoms with Gasteiger partial charge in [-0.25, -0.2) is 4.31 Å². The van der Waals surface area contributed by atoms with E-state index < -0.39 is 5.92 Å². The Hall–Kier alpha value is -1.78. The largest absolute Gasteiger partial charge is 0.284 e. The molecule has 0 bridgehead atoms. The van der Waals surface area contributed by atoms with Gasteiger partial charge in [-0.2, -0.15) is 0 Å². The van der Waals surface area contributed by atoms with Crippen molar-refractivity contribution < 1.29 is 9.59 Å². The zero-order valence-electron chi connectivity index (χ0n) is 11.0. The molecule has 1 aliphatic heterocycles. The van der Waals surface area contributed by atoms with Crippen molar-refractivity contribution >= 4 is 40.3 Å². The maximum absolute atomic E-state index is 12.5. The van der Waals surface area contributed by atoms with Crippen molar-refractivity contribution in [2.75, 3.05) is 4.31 Å². The fourth-order valence-electron chi connectivity index (χ4n) is 2.22. The van der Waals surface area contributed by atoms with Crippen molar-refractivity contribution in [3.63, 3.8) is 0 Å². The second kappa shape index (κ2) is 5.92. The van der Waals surface area contributed by atoms with E-state index in [9.17, 15) is 9.59 Å². The summed E-state index contributed by atoms with van der Waals surface area (Å²) >= 11 is 6.80. The quantitative estimate of drug-likeness (QED) is 0.639. The Bertz CT molecular complexity index is 672. The smallest absolute Gasteiger partial charge is 0.249 e. The van der Waals surface area contributed by atoms with E-state index in [2.05, 4.69) is 0 Å². The van der Waals surface area contributed by atoms with E-state index in [4.69, 9.17) is 11.6 Å². The summed E-state index contributed by atoms with van der Waals surface area (Å²) in [6.07, 6.45) is 0.440. The van der Waals surface area contributed by atoms with E-state index in [1.165, 1.54) is 4.31 Å². The molecule has 3 rings (SSSR count). The fourth-order valence-corrected chi connectivity index (χ4v) is 3.28. The molecule has 21 heavy (non-hydrogen) atoms. The van der Waals surface area contributed by atoms with Crippen molar-refractivity contribution in [1.29, 1.82) is 0 Å². The van der Waals surface area contributed by atoms with Crippen LogP contribution in [0.4, 0.5) is 5.69 Å². The van der Waals surface area contributed by atoms with Crippen molar-refractivity contribution in [2.24, 2.45) is 5.92 Å². The number of carbonyl (C=O) groups excluding carboxylic acids is 2. The highest BCUT2D eigenvalue weighted by molar-refractivity contribution is 8.16. The molecule has 1 aliphatic rings. The van der Waals surface area contributed by atoms with Crippen molar-refractivity contribution in [2.45, 2.75) is 6.42 Å². The van der Waals surface area contributed by atoms with E-state index in [0.29, 0.717) is 17.1 Å². The summed E-state index contributed by atoms with van der Waals surface area (Å²) in [5, 5.41) is 0.487. The van der Waals surface area contributed by atoms with Gasteiger partial charge < -0.3 is 0 Å². The average Bonchev–Trinajstić information content (AvgIpc) is 2.77. The highest BCUT2D eigenvalue weighted by atomic mass is 35.5. The third kappa shape index (κ3) is 2.96. The Labute approximate surface area is 132 Å². The molecule has 3 nitrogen and oxygen atoms in total. The first-order valence-corrected chi connectivity index (χ1v) is 7.65. The van der Waals surface area contributed by atoms with Gasteiger partial charge in [-0.1, -0.05) is 41.9 Å². The number of benzene rings is 2. The minimum Gasteiger partial charge on any atom is -0.284 e. The maximum Gasteiger partial charge on any atom is 0.249 e. The number of carbonyl (C=O) groups is 2. The maximum atomic E-state index is 12.5. The predicted octanol–water partition coefficient (Wildman–Crippen LogP) is 3.72. The zero-order chi connectivity index (χ0) is 14.8. The lowest BCUT2D eigenvalue weighted by atomic mass is 10.00. The van der Waals surface area contributed by atoms with Crippen LogP contribution in [0.15, 0.2) is 54.6 Å². The molecule has 0 radical (unpaired) electrons. The highest BCUT2D eigenvalue weighted by Gasteiger charge is 2.41. The van der Waals surface area contributed by atoms with Crippen LogP contribution in [0.25, 0.3) is 0 Å². The molecule has 0 saturated carbocycles. The van der Waals surface area contributed by atoms with Gasteiger partial charge in [-0.05, 0) is 36.2 Å². The van der Waals surface area contributed by atoms with Crippen LogP contribution in [0.3, 0.4) is 0 Å². The van der Waals surface area contributed by atoms with Crippen LogP contribution in [-0.4, -0.2) is 11.0 Å². The first-order chi connectivity index (χ1) is 10.1. The third-order valence-electron chi connectivity index (χ3n) is 3.31. The SMILES string of the molecule is O=C1SN(c2ccc(Cl)cc2)C(=O)C1Cc1ccccc1. The zero-order valence-corrected chi connectivity index (χ0v) is 12.6. The summed E-state index contributed by atoms with van der Waals surface area (Å²) in [4.78, 5) is 24.6. The molecule has 1 heterocycles. The predicted molar refractivity (Wildman–Crippen MR) is 85.2 cm³/mol. The summed E-state index contributed by atoms with van der Waals surface area (Å²) in [7, 11) is 0. The Morgan fingerprint density at radius 1 is 1.00 bits per heavy atom. The molecule has 0 aromatic heterocycles. The summed E-state index contributed by atoms with van der Waals surface area (Å²) in [6, 6.07) is 16.5. The molecule has 1 unspecified atom stereocenters. The Morgan fingerprint density at radius 3 is 2.33 bits per heavy atom. The number of hydrogen-bond donors (Lipinski definition) is 0. The minimum absolute atomic E-state index is 0.112. The van der Waals surface area contributed by atoms with Crippen LogP contribution < -0.4 is 4.31 Å². The molecule has 2 aromatic rings. The lowest BCUT2D eigenvalue weighted by molar-refractivity contribution is -0.125. The Morgan fingerprint density at radius 2 is 1.67 bits per heavy atom. The van der Waals surface area contributed by atoms with Crippen molar-refractivity contribution in [1.82, 2.24) is 0 Å². The normalized spacial score (nSPS) is 18.3. The summed E-state index contributed by atoms with van der Waals surface area (Å²) in [5.74, 6) is -0.788. The molecule has 0 spiro atoms. The molecule has 5 heteroatoms. The van der Waals surface area contributed by atoms with Crippen LogP contribution in [0.1, 0.15) is 5.56 Å². The van der Waals surface area contributed by atoms with Gasteiger partial charge in [0.15, 0.2) is 0 Å². The van der Waals surface area contributed by atoms with Gasteiger partial charge in [-0.3, -0.25) is 9.59 Å². The second-order valence-corrected chi connectivity index (χ2v) is 6.15. The van der Waals surface area contributed by atoms with Crippen LogP contribution >= 0.6 is 23.5 Å².